The second kappa shape index (κ2) is 5.69. The number of nitrogens with zero attached hydrogens (tertiary/aromatic N) is 2. The summed E-state index contributed by atoms with van der Waals surface area (Å²) >= 11 is 0. The van der Waals surface area contributed by atoms with Gasteiger partial charge in [0.2, 0.25) is 5.91 Å². The summed E-state index contributed by atoms with van der Waals surface area (Å²) in [5.41, 5.74) is 0. The molecule has 1 amide bonds. The van der Waals surface area contributed by atoms with Crippen LogP contribution < -0.4 is 0 Å². The third-order valence-corrected chi connectivity index (χ3v) is 4.17. The Morgan fingerprint density at radius 2 is 1.94 bits per heavy atom. The molecular weight excluding hydrogens is 232 g/mol. The van der Waals surface area contributed by atoms with Crippen molar-refractivity contribution in [3.8, 4) is 0 Å². The van der Waals surface area contributed by atoms with Crippen molar-refractivity contribution >= 4 is 11.9 Å². The van der Waals surface area contributed by atoms with Crippen LogP contribution in [0.2, 0.25) is 0 Å². The smallest absolute Gasteiger partial charge is 0.305 e. The molecule has 2 aliphatic rings. The molecule has 0 aromatic rings. The highest BCUT2D eigenvalue weighted by molar-refractivity contribution is 5.86. The van der Waals surface area contributed by atoms with E-state index in [-0.39, 0.29) is 12.3 Å². The van der Waals surface area contributed by atoms with Crippen LogP contribution in [0.3, 0.4) is 0 Å². The molecule has 0 bridgehead atoms. The van der Waals surface area contributed by atoms with Crippen LogP contribution in [0.5, 0.6) is 0 Å². The summed E-state index contributed by atoms with van der Waals surface area (Å²) in [5, 5.41) is 8.99. The van der Waals surface area contributed by atoms with Gasteiger partial charge < -0.3 is 10.0 Å². The molecule has 2 rings (SSSR count). The summed E-state index contributed by atoms with van der Waals surface area (Å²) in [5.74, 6) is -0.918. The minimum atomic E-state index is -0.885. The summed E-state index contributed by atoms with van der Waals surface area (Å²) in [6.45, 7) is 1.52. The largest absolute Gasteiger partial charge is 0.481 e. The molecule has 1 saturated carbocycles. The van der Waals surface area contributed by atoms with Gasteiger partial charge in [0.05, 0.1) is 6.42 Å². The Morgan fingerprint density at radius 1 is 1.28 bits per heavy atom. The number of carbonyl (C=O) groups is 2. The zero-order chi connectivity index (χ0) is 13.1. The molecule has 0 radical (unpaired) electrons. The first-order valence-electron chi connectivity index (χ1n) is 6.82. The van der Waals surface area contributed by atoms with Crippen molar-refractivity contribution in [2.75, 3.05) is 20.1 Å². The molecule has 1 aliphatic heterocycles. The van der Waals surface area contributed by atoms with Crippen molar-refractivity contribution in [1.29, 1.82) is 0 Å². The quantitative estimate of drug-likeness (QED) is 0.814. The Morgan fingerprint density at radius 3 is 2.56 bits per heavy atom. The number of carboxylic acid groups (broad SMARTS) is 1. The third kappa shape index (κ3) is 2.83. The highest BCUT2D eigenvalue weighted by atomic mass is 16.4. The molecule has 1 saturated heterocycles. The van der Waals surface area contributed by atoms with Crippen LogP contribution in [0, 0.1) is 0 Å². The zero-order valence-corrected chi connectivity index (χ0v) is 11.0. The van der Waals surface area contributed by atoms with Crippen LogP contribution in [-0.2, 0) is 9.59 Å². The molecule has 5 nitrogen and oxygen atoms in total. The second-order valence-electron chi connectivity index (χ2n) is 5.40. The van der Waals surface area contributed by atoms with Crippen molar-refractivity contribution in [3.63, 3.8) is 0 Å². The van der Waals surface area contributed by atoms with Crippen LogP contribution in [0.4, 0.5) is 0 Å². The van der Waals surface area contributed by atoms with Gasteiger partial charge in [0.15, 0.2) is 0 Å². The zero-order valence-electron chi connectivity index (χ0n) is 11.0. The van der Waals surface area contributed by atoms with Gasteiger partial charge >= 0.3 is 5.97 Å². The first-order valence-corrected chi connectivity index (χ1v) is 6.82. The van der Waals surface area contributed by atoms with Crippen molar-refractivity contribution in [1.82, 2.24) is 9.80 Å². The molecule has 2 fully saturated rings. The number of rotatable bonds is 3. The number of carbonyl (C=O) groups excluding carboxylic acids is 1. The van der Waals surface area contributed by atoms with Crippen LogP contribution in [-0.4, -0.2) is 59.0 Å². The fourth-order valence-corrected chi connectivity index (χ4v) is 3.15. The molecular formula is C13H22N2O3. The number of likely N-dealkylation sites (N-methyl/N-ethyl adjacent to an activating group) is 1. The number of carboxylic acids is 1. The maximum atomic E-state index is 12.1. The molecule has 1 aliphatic carbocycles. The lowest BCUT2D eigenvalue weighted by molar-refractivity contribution is -0.150. The number of piperazine rings is 1. The maximum Gasteiger partial charge on any atom is 0.305 e. The first kappa shape index (κ1) is 13.3. The van der Waals surface area contributed by atoms with Crippen molar-refractivity contribution in [3.05, 3.63) is 0 Å². The van der Waals surface area contributed by atoms with E-state index in [0.29, 0.717) is 12.6 Å². The Kier molecular flexibility index (Phi) is 4.22. The molecule has 0 spiro atoms. The molecule has 18 heavy (non-hydrogen) atoms. The van der Waals surface area contributed by atoms with E-state index < -0.39 is 12.0 Å². The first-order chi connectivity index (χ1) is 8.59. The van der Waals surface area contributed by atoms with E-state index in [0.717, 1.165) is 19.4 Å². The number of hydrogen-bond donors (Lipinski definition) is 1. The van der Waals surface area contributed by atoms with Gasteiger partial charge in [0, 0.05) is 26.2 Å². The van der Waals surface area contributed by atoms with Crippen molar-refractivity contribution in [2.24, 2.45) is 0 Å². The average molecular weight is 254 g/mol. The SMILES string of the molecule is CN1CCN(C2CCCCC2)C(CC(=O)O)C1=O. The highest BCUT2D eigenvalue weighted by Crippen LogP contribution is 2.27. The summed E-state index contributed by atoms with van der Waals surface area (Å²) < 4.78 is 0. The van der Waals surface area contributed by atoms with E-state index in [1.54, 1.807) is 11.9 Å². The lowest BCUT2D eigenvalue weighted by Gasteiger charge is -2.44. The van der Waals surface area contributed by atoms with Gasteiger partial charge in [-0.1, -0.05) is 19.3 Å². The van der Waals surface area contributed by atoms with Gasteiger partial charge in [-0.15, -0.1) is 0 Å². The summed E-state index contributed by atoms with van der Waals surface area (Å²) in [4.78, 5) is 26.9. The molecule has 1 heterocycles. The summed E-state index contributed by atoms with van der Waals surface area (Å²) in [6, 6.07) is -0.0508. The monoisotopic (exact) mass is 254 g/mol. The average Bonchev–Trinajstić information content (AvgIpc) is 2.36. The van der Waals surface area contributed by atoms with Gasteiger partial charge in [0.25, 0.3) is 0 Å². The minimum absolute atomic E-state index is 0.0331. The highest BCUT2D eigenvalue weighted by Gasteiger charge is 2.38. The molecule has 1 N–H and O–H groups in total. The predicted molar refractivity (Wildman–Crippen MR) is 67.3 cm³/mol. The number of hydrogen-bond acceptors (Lipinski definition) is 3. The normalized spacial score (nSPS) is 27.5. The van der Waals surface area contributed by atoms with E-state index in [2.05, 4.69) is 4.90 Å². The van der Waals surface area contributed by atoms with E-state index in [1.807, 2.05) is 0 Å². The molecule has 0 aromatic heterocycles. The fourth-order valence-electron chi connectivity index (χ4n) is 3.15. The summed E-state index contributed by atoms with van der Waals surface area (Å²) in [6.07, 6.45) is 5.80. The number of amides is 1. The molecule has 1 unspecified atom stereocenters. The van der Waals surface area contributed by atoms with E-state index in [4.69, 9.17) is 5.11 Å². The standard InChI is InChI=1S/C13H22N2O3/c1-14-7-8-15(10-5-3-2-4-6-10)11(13(14)18)9-12(16)17/h10-11H,2-9H2,1H3,(H,16,17). The van der Waals surface area contributed by atoms with Gasteiger partial charge in [-0.25, -0.2) is 0 Å². The van der Waals surface area contributed by atoms with E-state index in [1.165, 1.54) is 19.3 Å². The van der Waals surface area contributed by atoms with Crippen LogP contribution in [0.1, 0.15) is 38.5 Å². The van der Waals surface area contributed by atoms with Gasteiger partial charge in [-0.3, -0.25) is 14.5 Å². The Balaban J connectivity index is 2.09. The third-order valence-electron chi connectivity index (χ3n) is 4.17. The van der Waals surface area contributed by atoms with Crippen LogP contribution >= 0.6 is 0 Å². The van der Waals surface area contributed by atoms with Gasteiger partial charge in [-0.05, 0) is 12.8 Å². The van der Waals surface area contributed by atoms with Crippen LogP contribution in [0.25, 0.3) is 0 Å². The van der Waals surface area contributed by atoms with Crippen molar-refractivity contribution in [2.45, 2.75) is 50.6 Å². The second-order valence-corrected chi connectivity index (χ2v) is 5.40. The number of aliphatic carboxylic acids is 1. The molecule has 102 valence electrons. The van der Waals surface area contributed by atoms with Crippen LogP contribution in [0.15, 0.2) is 0 Å². The fraction of sp³-hybridized carbons (Fsp3) is 0.846. The van der Waals surface area contributed by atoms with Gasteiger partial charge in [0.1, 0.15) is 6.04 Å². The molecule has 0 aromatic carbocycles. The van der Waals surface area contributed by atoms with E-state index >= 15 is 0 Å². The van der Waals surface area contributed by atoms with E-state index in [9.17, 15) is 9.59 Å². The van der Waals surface area contributed by atoms with Gasteiger partial charge in [-0.2, -0.15) is 0 Å². The van der Waals surface area contributed by atoms with Crippen molar-refractivity contribution < 1.29 is 14.7 Å². The maximum absolute atomic E-state index is 12.1. The topological polar surface area (TPSA) is 60.9 Å². The molecule has 5 heteroatoms. The minimum Gasteiger partial charge on any atom is -0.481 e. The lowest BCUT2D eigenvalue weighted by atomic mass is 9.91. The lowest BCUT2D eigenvalue weighted by Crippen LogP contribution is -2.59. The Labute approximate surface area is 108 Å². The summed E-state index contributed by atoms with van der Waals surface area (Å²) in [7, 11) is 1.76. The molecule has 1 atom stereocenters. The predicted octanol–water partition coefficient (Wildman–Crippen LogP) is 0.936. The Hall–Kier alpha value is -1.10. The Bertz CT molecular complexity index is 326.